The molecule has 1 aliphatic rings. The number of phenolic OH excluding ortho intramolecular Hbond substituents is 2. The summed E-state index contributed by atoms with van der Waals surface area (Å²) in [6.07, 6.45) is 0. The summed E-state index contributed by atoms with van der Waals surface area (Å²) in [6, 6.07) is 32.4. The number of benzene rings is 5. The van der Waals surface area contributed by atoms with Crippen LogP contribution in [0.25, 0.3) is 10.8 Å². The summed E-state index contributed by atoms with van der Waals surface area (Å²) in [5.74, 6) is 1.30. The van der Waals surface area contributed by atoms with E-state index in [1.165, 1.54) is 0 Å². The van der Waals surface area contributed by atoms with E-state index in [1.54, 1.807) is 12.1 Å². The van der Waals surface area contributed by atoms with Gasteiger partial charge in [-0.3, -0.25) is 0 Å². The van der Waals surface area contributed by atoms with Crippen molar-refractivity contribution >= 4 is 33.7 Å². The van der Waals surface area contributed by atoms with Crippen LogP contribution in [0.2, 0.25) is 5.02 Å². The summed E-state index contributed by atoms with van der Waals surface area (Å²) in [5.41, 5.74) is 4.68. The van der Waals surface area contributed by atoms with Gasteiger partial charge in [0, 0.05) is 34.1 Å². The van der Waals surface area contributed by atoms with Crippen LogP contribution in [0.1, 0.15) is 22.7 Å². The second-order valence-corrected chi connectivity index (χ2v) is 9.63. The Morgan fingerprint density at radius 2 is 1.54 bits per heavy atom. The lowest BCUT2D eigenvalue weighted by Gasteiger charge is -2.32. The molecule has 5 aromatic carbocycles. The van der Waals surface area contributed by atoms with E-state index >= 15 is 0 Å². The number of nitrogens with zero attached hydrogens (tertiary/aromatic N) is 1. The Labute approximate surface area is 220 Å². The molecule has 0 bridgehead atoms. The fourth-order valence-electron chi connectivity index (χ4n) is 4.80. The van der Waals surface area contributed by atoms with Crippen molar-refractivity contribution < 1.29 is 14.9 Å². The van der Waals surface area contributed by atoms with Gasteiger partial charge in [0.25, 0.3) is 0 Å². The standard InChI is InChI=1S/C31H25ClN2O3/c32-24-6-8-25(9-7-24)33-31(28-16-20-3-1-2-4-21(20)17-29(28)36)22-5-14-30-23(15-22)18-34(19-37-30)26-10-12-27(35)13-11-26/h1-17,31,33,35-36H,18-19H2. The Morgan fingerprint density at radius 3 is 2.30 bits per heavy atom. The minimum atomic E-state index is -0.319. The van der Waals surface area contributed by atoms with Gasteiger partial charge in [0.1, 0.15) is 17.2 Å². The van der Waals surface area contributed by atoms with Gasteiger partial charge >= 0.3 is 0 Å². The first-order valence-electron chi connectivity index (χ1n) is 12.1. The minimum Gasteiger partial charge on any atom is -0.508 e. The van der Waals surface area contributed by atoms with Gasteiger partial charge in [0.05, 0.1) is 6.04 Å². The van der Waals surface area contributed by atoms with Crippen LogP contribution in [0, 0.1) is 0 Å². The Kier molecular flexibility index (Phi) is 5.99. The minimum absolute atomic E-state index is 0.227. The van der Waals surface area contributed by atoms with Crippen molar-refractivity contribution in [1.29, 1.82) is 0 Å². The molecule has 3 N–H and O–H groups in total. The normalized spacial score (nSPS) is 13.6. The number of anilines is 2. The maximum absolute atomic E-state index is 11.1. The van der Waals surface area contributed by atoms with E-state index in [-0.39, 0.29) is 17.5 Å². The summed E-state index contributed by atoms with van der Waals surface area (Å²) >= 11 is 6.12. The van der Waals surface area contributed by atoms with Crippen LogP contribution in [0.5, 0.6) is 17.2 Å². The molecule has 184 valence electrons. The fourth-order valence-corrected chi connectivity index (χ4v) is 4.93. The number of ether oxygens (including phenoxy) is 1. The molecule has 0 spiro atoms. The van der Waals surface area contributed by atoms with Crippen molar-refractivity contribution in [1.82, 2.24) is 0 Å². The molecule has 0 saturated carbocycles. The summed E-state index contributed by atoms with van der Waals surface area (Å²) in [6.45, 7) is 1.08. The lowest BCUT2D eigenvalue weighted by molar-refractivity contribution is 0.289. The van der Waals surface area contributed by atoms with Crippen molar-refractivity contribution in [2.24, 2.45) is 0 Å². The molecule has 1 unspecified atom stereocenters. The smallest absolute Gasteiger partial charge is 0.161 e. The number of fused-ring (bicyclic) bond motifs is 2. The quantitative estimate of drug-likeness (QED) is 0.230. The highest BCUT2D eigenvalue weighted by Gasteiger charge is 2.23. The van der Waals surface area contributed by atoms with E-state index < -0.39 is 0 Å². The first-order valence-corrected chi connectivity index (χ1v) is 12.4. The Bertz CT molecular complexity index is 1570. The second kappa shape index (κ2) is 9.60. The summed E-state index contributed by atoms with van der Waals surface area (Å²) in [4.78, 5) is 2.11. The third-order valence-electron chi connectivity index (χ3n) is 6.73. The zero-order valence-electron chi connectivity index (χ0n) is 19.9. The summed E-state index contributed by atoms with van der Waals surface area (Å²) in [5, 5.41) is 27.1. The maximum Gasteiger partial charge on any atom is 0.161 e. The van der Waals surface area contributed by atoms with E-state index in [4.69, 9.17) is 16.3 Å². The fraction of sp³-hybridized carbons (Fsp3) is 0.0968. The monoisotopic (exact) mass is 508 g/mol. The molecular formula is C31H25ClN2O3. The summed E-state index contributed by atoms with van der Waals surface area (Å²) < 4.78 is 6.05. The molecule has 5 nitrogen and oxygen atoms in total. The van der Waals surface area contributed by atoms with Gasteiger partial charge in [-0.25, -0.2) is 0 Å². The molecule has 6 heteroatoms. The van der Waals surface area contributed by atoms with Crippen LogP contribution in [0.15, 0.2) is 103 Å². The van der Waals surface area contributed by atoms with Crippen LogP contribution < -0.4 is 15.0 Å². The van der Waals surface area contributed by atoms with Crippen molar-refractivity contribution in [2.45, 2.75) is 12.6 Å². The molecule has 0 saturated heterocycles. The zero-order chi connectivity index (χ0) is 25.4. The van der Waals surface area contributed by atoms with Crippen LogP contribution in [0.4, 0.5) is 11.4 Å². The van der Waals surface area contributed by atoms with Crippen LogP contribution in [0.3, 0.4) is 0 Å². The molecule has 0 aromatic heterocycles. The third-order valence-corrected chi connectivity index (χ3v) is 6.98. The van der Waals surface area contributed by atoms with Gasteiger partial charge in [-0.2, -0.15) is 0 Å². The topological polar surface area (TPSA) is 65.0 Å². The van der Waals surface area contributed by atoms with Gasteiger partial charge in [-0.05, 0) is 89.1 Å². The number of hydrogen-bond donors (Lipinski definition) is 3. The van der Waals surface area contributed by atoms with Crippen LogP contribution >= 0.6 is 11.6 Å². The third kappa shape index (κ3) is 4.74. The second-order valence-electron chi connectivity index (χ2n) is 9.20. The van der Waals surface area contributed by atoms with Crippen molar-refractivity contribution in [3.05, 3.63) is 125 Å². The molecule has 0 aliphatic carbocycles. The van der Waals surface area contributed by atoms with Crippen LogP contribution in [-0.4, -0.2) is 16.9 Å². The van der Waals surface area contributed by atoms with E-state index in [0.717, 1.165) is 44.6 Å². The average molecular weight is 509 g/mol. The molecule has 1 heterocycles. The molecular weight excluding hydrogens is 484 g/mol. The highest BCUT2D eigenvalue weighted by molar-refractivity contribution is 6.30. The van der Waals surface area contributed by atoms with Gasteiger partial charge in [0.2, 0.25) is 0 Å². The molecule has 5 aromatic rings. The first kappa shape index (κ1) is 23.1. The molecule has 1 atom stereocenters. The average Bonchev–Trinajstić information content (AvgIpc) is 2.92. The lowest BCUT2D eigenvalue weighted by Crippen LogP contribution is -2.32. The predicted molar refractivity (Wildman–Crippen MR) is 149 cm³/mol. The van der Waals surface area contributed by atoms with Crippen molar-refractivity contribution in [2.75, 3.05) is 16.9 Å². The molecule has 0 radical (unpaired) electrons. The summed E-state index contributed by atoms with van der Waals surface area (Å²) in [7, 11) is 0. The number of nitrogens with one attached hydrogen (secondary N) is 1. The van der Waals surface area contributed by atoms with E-state index in [2.05, 4.69) is 16.3 Å². The Morgan fingerprint density at radius 1 is 0.811 bits per heavy atom. The highest BCUT2D eigenvalue weighted by atomic mass is 35.5. The van der Waals surface area contributed by atoms with E-state index in [9.17, 15) is 10.2 Å². The zero-order valence-corrected chi connectivity index (χ0v) is 20.7. The Balaban J connectivity index is 1.40. The predicted octanol–water partition coefficient (Wildman–Crippen LogP) is 7.46. The SMILES string of the molecule is Oc1ccc(N2COc3ccc(C(Nc4ccc(Cl)cc4)c4cc5ccccc5cc4O)cc3C2)cc1. The first-order chi connectivity index (χ1) is 18.0. The number of hydrogen-bond acceptors (Lipinski definition) is 5. The molecule has 1 aliphatic heterocycles. The highest BCUT2D eigenvalue weighted by Crippen LogP contribution is 2.38. The lowest BCUT2D eigenvalue weighted by atomic mass is 9.93. The van der Waals surface area contributed by atoms with Gasteiger partial charge in [-0.1, -0.05) is 41.9 Å². The van der Waals surface area contributed by atoms with Crippen molar-refractivity contribution in [3.63, 3.8) is 0 Å². The molecule has 6 rings (SSSR count). The Hall–Kier alpha value is -4.35. The molecule has 37 heavy (non-hydrogen) atoms. The largest absolute Gasteiger partial charge is 0.508 e. The number of aromatic hydroxyl groups is 2. The molecule has 0 amide bonds. The van der Waals surface area contributed by atoms with E-state index in [0.29, 0.717) is 18.3 Å². The van der Waals surface area contributed by atoms with Gasteiger partial charge in [0.15, 0.2) is 6.73 Å². The maximum atomic E-state index is 11.1. The molecule has 0 fully saturated rings. The van der Waals surface area contributed by atoms with Crippen LogP contribution in [-0.2, 0) is 6.54 Å². The number of phenols is 2. The van der Waals surface area contributed by atoms with Crippen molar-refractivity contribution in [3.8, 4) is 17.2 Å². The van der Waals surface area contributed by atoms with Gasteiger partial charge < -0.3 is 25.2 Å². The van der Waals surface area contributed by atoms with Gasteiger partial charge in [-0.15, -0.1) is 0 Å². The number of rotatable bonds is 5. The number of halogens is 1. The van der Waals surface area contributed by atoms with E-state index in [1.807, 2.05) is 84.9 Å².